The first-order valence-electron chi connectivity index (χ1n) is 16.6. The molecule has 0 aromatic carbocycles. The van der Waals surface area contributed by atoms with Crippen molar-refractivity contribution in [1.29, 1.82) is 0 Å². The van der Waals surface area contributed by atoms with Crippen molar-refractivity contribution in [2.75, 3.05) is 7.11 Å². The lowest BCUT2D eigenvalue weighted by Gasteiger charge is -2.73. The van der Waals surface area contributed by atoms with Gasteiger partial charge in [-0.05, 0) is 36.8 Å². The number of hydrogen-bond acceptors (Lipinski definition) is 15. The van der Waals surface area contributed by atoms with Gasteiger partial charge in [-0.2, -0.15) is 0 Å². The zero-order chi connectivity index (χ0) is 37.5. The van der Waals surface area contributed by atoms with Crippen molar-refractivity contribution in [3.8, 4) is 0 Å². The van der Waals surface area contributed by atoms with Gasteiger partial charge in [-0.3, -0.25) is 19.2 Å². The van der Waals surface area contributed by atoms with E-state index in [2.05, 4.69) is 6.58 Å². The number of esters is 6. The molecular weight excluding hydrogens is 660 g/mol. The number of aliphatic hydroxyl groups excluding tert-OH is 2. The minimum Gasteiger partial charge on any atom is -0.469 e. The minimum absolute atomic E-state index is 0.0461. The Bertz CT molecular complexity index is 1550. The van der Waals surface area contributed by atoms with Crippen LogP contribution in [0.3, 0.4) is 0 Å². The maximum absolute atomic E-state index is 13.7. The second-order valence-electron chi connectivity index (χ2n) is 15.2. The summed E-state index contributed by atoms with van der Waals surface area (Å²) in [6.45, 7) is 16.8. The van der Waals surface area contributed by atoms with E-state index in [1.54, 1.807) is 34.6 Å². The Kier molecular flexibility index (Phi) is 9.32. The highest BCUT2D eigenvalue weighted by Gasteiger charge is 2.81. The van der Waals surface area contributed by atoms with E-state index in [1.807, 2.05) is 0 Å². The first-order valence-corrected chi connectivity index (χ1v) is 16.6. The Hall–Kier alpha value is -3.82. The van der Waals surface area contributed by atoms with Gasteiger partial charge in [0.15, 0.2) is 12.2 Å². The third-order valence-corrected chi connectivity index (χ3v) is 11.9. The van der Waals surface area contributed by atoms with Crippen LogP contribution >= 0.6 is 0 Å². The lowest BCUT2D eigenvalue weighted by molar-refractivity contribution is -0.365. The average Bonchev–Trinajstić information content (AvgIpc) is 3.35. The number of ether oxygens (including phenoxy) is 7. The highest BCUT2D eigenvalue weighted by Crippen LogP contribution is 2.72. The zero-order valence-corrected chi connectivity index (χ0v) is 29.7. The van der Waals surface area contributed by atoms with Crippen LogP contribution in [0, 0.1) is 34.0 Å². The molecule has 0 amide bonds. The fourth-order valence-electron chi connectivity index (χ4n) is 9.52. The summed E-state index contributed by atoms with van der Waals surface area (Å²) in [5, 5.41) is 22.2. The number of cyclic esters (lactones) is 2. The largest absolute Gasteiger partial charge is 0.469 e. The fraction of sp³-hybridized carbons (Fsp3) is 0.714. The maximum Gasteiger partial charge on any atom is 0.340 e. The van der Waals surface area contributed by atoms with Crippen LogP contribution in [0.4, 0.5) is 0 Å². The van der Waals surface area contributed by atoms with Gasteiger partial charge < -0.3 is 43.4 Å². The molecule has 3 aliphatic heterocycles. The summed E-state index contributed by atoms with van der Waals surface area (Å²) < 4.78 is 40.8. The quantitative estimate of drug-likeness (QED) is 0.218. The molecule has 0 radical (unpaired) electrons. The van der Waals surface area contributed by atoms with Crippen LogP contribution in [-0.4, -0.2) is 102 Å². The molecule has 5 rings (SSSR count). The molecule has 12 unspecified atom stereocenters. The highest BCUT2D eigenvalue weighted by molar-refractivity contribution is 5.93. The molecule has 0 aromatic heterocycles. The number of methoxy groups -OCH3 is 1. The van der Waals surface area contributed by atoms with Gasteiger partial charge in [0.05, 0.1) is 24.0 Å². The number of carbonyl (C=O) groups excluding carboxylic acids is 6. The van der Waals surface area contributed by atoms with Crippen molar-refractivity contribution in [1.82, 2.24) is 0 Å². The highest BCUT2D eigenvalue weighted by atomic mass is 16.6. The number of aliphatic hydroxyl groups is 2. The Morgan fingerprint density at radius 1 is 1.00 bits per heavy atom. The van der Waals surface area contributed by atoms with Crippen LogP contribution in [0.1, 0.15) is 68.2 Å². The lowest BCUT2D eigenvalue weighted by Crippen LogP contribution is -2.83. The monoisotopic (exact) mass is 706 g/mol. The molecule has 2 saturated heterocycles. The van der Waals surface area contributed by atoms with Crippen LogP contribution in [0.2, 0.25) is 0 Å². The molecule has 15 heteroatoms. The molecule has 0 aromatic rings. The van der Waals surface area contributed by atoms with Crippen LogP contribution < -0.4 is 0 Å². The molecule has 1 spiro atoms. The summed E-state index contributed by atoms with van der Waals surface area (Å²) >= 11 is 0. The maximum atomic E-state index is 13.7. The number of fused-ring (bicyclic) bond motifs is 3. The summed E-state index contributed by atoms with van der Waals surface area (Å²) in [5.41, 5.74) is -6.54. The average molecular weight is 707 g/mol. The van der Waals surface area contributed by atoms with Gasteiger partial charge in [0.25, 0.3) is 0 Å². The zero-order valence-electron chi connectivity index (χ0n) is 29.7. The van der Waals surface area contributed by atoms with E-state index in [0.717, 1.165) is 6.08 Å². The Labute approximate surface area is 289 Å². The normalized spacial score (nSPS) is 41.5. The predicted molar refractivity (Wildman–Crippen MR) is 167 cm³/mol. The molecule has 2 aliphatic carbocycles. The molecule has 2 N–H and O–H groups in total. The van der Waals surface area contributed by atoms with Gasteiger partial charge in [-0.1, -0.05) is 41.2 Å². The molecule has 3 heterocycles. The predicted octanol–water partition coefficient (Wildman–Crippen LogP) is 1.45. The summed E-state index contributed by atoms with van der Waals surface area (Å²) in [5.74, 6) is -7.19. The van der Waals surface area contributed by atoms with Gasteiger partial charge in [-0.15, -0.1) is 0 Å². The van der Waals surface area contributed by atoms with Crippen molar-refractivity contribution in [2.24, 2.45) is 34.0 Å². The smallest absolute Gasteiger partial charge is 0.340 e. The first kappa shape index (κ1) is 37.4. The third kappa shape index (κ3) is 5.17. The van der Waals surface area contributed by atoms with Crippen molar-refractivity contribution < 1.29 is 72.1 Å². The number of rotatable bonds is 7. The fourth-order valence-corrected chi connectivity index (χ4v) is 9.52. The number of hydrogen-bond donors (Lipinski definition) is 2. The van der Waals surface area contributed by atoms with E-state index in [-0.39, 0.29) is 24.0 Å². The molecule has 5 aliphatic rings. The van der Waals surface area contributed by atoms with Gasteiger partial charge in [0, 0.05) is 31.1 Å². The van der Waals surface area contributed by atoms with Gasteiger partial charge in [0.1, 0.15) is 30.0 Å². The van der Waals surface area contributed by atoms with Crippen molar-refractivity contribution in [3.05, 3.63) is 23.8 Å². The standard InChI is InChI=1S/C35H46O15/c1-14(2)29(41)48-24-27(46-17(5)37)32(6,7)20(13-22(38)44-10)33(8)19-12-21(45-16(4)36)34(9)26(18-11-23(39)47-30(18)42)49-31(43)25(40)35(34,15(19)3)50-28(24)33/h11,14,19-21,23-28,39-40H,3,12-13H2,1-2,4-10H3. The van der Waals surface area contributed by atoms with E-state index in [0.29, 0.717) is 0 Å². The Morgan fingerprint density at radius 2 is 1.62 bits per heavy atom. The van der Waals surface area contributed by atoms with E-state index >= 15 is 0 Å². The molecular formula is C35H46O15. The number of carbonyl (C=O) groups is 6. The Balaban J connectivity index is 1.84. The molecule has 4 fully saturated rings. The lowest BCUT2D eigenvalue weighted by atomic mass is 9.40. The molecule has 2 saturated carbocycles. The summed E-state index contributed by atoms with van der Waals surface area (Å²) in [7, 11) is 1.23. The van der Waals surface area contributed by atoms with Crippen LogP contribution in [-0.2, 0) is 61.9 Å². The van der Waals surface area contributed by atoms with Gasteiger partial charge in [-0.25, -0.2) is 9.59 Å². The topological polar surface area (TPSA) is 207 Å². The second-order valence-corrected chi connectivity index (χ2v) is 15.2. The summed E-state index contributed by atoms with van der Waals surface area (Å²) in [6, 6.07) is 0. The molecule has 2 bridgehead atoms. The van der Waals surface area contributed by atoms with Crippen molar-refractivity contribution in [2.45, 2.75) is 117 Å². The third-order valence-electron chi connectivity index (χ3n) is 11.9. The van der Waals surface area contributed by atoms with Crippen LogP contribution in [0.5, 0.6) is 0 Å². The Morgan fingerprint density at radius 3 is 2.14 bits per heavy atom. The molecule has 12 atom stereocenters. The summed E-state index contributed by atoms with van der Waals surface area (Å²) in [4.78, 5) is 78.7. The molecule has 50 heavy (non-hydrogen) atoms. The van der Waals surface area contributed by atoms with E-state index in [4.69, 9.17) is 33.2 Å². The minimum atomic E-state index is -2.21. The van der Waals surface area contributed by atoms with Crippen LogP contribution in [0.25, 0.3) is 0 Å². The molecule has 276 valence electrons. The van der Waals surface area contributed by atoms with E-state index in [9.17, 15) is 39.0 Å². The molecule has 15 nitrogen and oxygen atoms in total. The summed E-state index contributed by atoms with van der Waals surface area (Å²) in [6.07, 6.45) is -9.79. The van der Waals surface area contributed by atoms with Gasteiger partial charge in [0.2, 0.25) is 6.29 Å². The van der Waals surface area contributed by atoms with E-state index in [1.165, 1.54) is 27.9 Å². The van der Waals surface area contributed by atoms with Crippen molar-refractivity contribution in [3.63, 3.8) is 0 Å². The SMILES string of the molecule is C=C1C2CC(OC(C)=O)C3(C)C(C4=CC(O)OC4=O)OC(=O)C(O)C13OC1C(OC(=O)C(C)C)C(OC(C)=O)C(C)(C)C(CC(=O)OC)C21C. The van der Waals surface area contributed by atoms with Gasteiger partial charge >= 0.3 is 35.8 Å². The van der Waals surface area contributed by atoms with Crippen molar-refractivity contribution >= 4 is 35.8 Å². The second kappa shape index (κ2) is 12.4. The van der Waals surface area contributed by atoms with E-state index < -0.39 is 118 Å². The van der Waals surface area contributed by atoms with Crippen LogP contribution in [0.15, 0.2) is 23.8 Å². The first-order chi connectivity index (χ1) is 23.1.